The minimum atomic E-state index is -0.299. The van der Waals surface area contributed by atoms with E-state index in [1.807, 2.05) is 48.5 Å². The summed E-state index contributed by atoms with van der Waals surface area (Å²) in [6.45, 7) is 0.138. The van der Waals surface area contributed by atoms with Crippen LogP contribution < -0.4 is 9.47 Å². The van der Waals surface area contributed by atoms with Crippen LogP contribution in [-0.2, 0) is 4.74 Å². The number of ether oxygens (including phenoxy) is 3. The summed E-state index contributed by atoms with van der Waals surface area (Å²) in [7, 11) is 0. The fourth-order valence-electron chi connectivity index (χ4n) is 3.66. The molecule has 5 heteroatoms. The van der Waals surface area contributed by atoms with E-state index in [0.29, 0.717) is 5.75 Å². The third-order valence-electron chi connectivity index (χ3n) is 4.90. The normalized spacial score (nSPS) is 28.2. The Morgan fingerprint density at radius 1 is 0.792 bits per heavy atom. The Bertz CT molecular complexity index is 702. The van der Waals surface area contributed by atoms with E-state index in [2.05, 4.69) is 0 Å². The fourth-order valence-corrected chi connectivity index (χ4v) is 3.66. The summed E-state index contributed by atoms with van der Waals surface area (Å²) in [5.74, 6) is 1.07. The molecule has 2 N–H and O–H groups in total. The number of aliphatic hydroxyl groups excluding tert-OH is 2. The van der Waals surface area contributed by atoms with Gasteiger partial charge < -0.3 is 24.4 Å². The van der Waals surface area contributed by atoms with Crippen molar-refractivity contribution in [3.63, 3.8) is 0 Å². The van der Waals surface area contributed by atoms with Gasteiger partial charge in [0.2, 0.25) is 6.79 Å². The van der Waals surface area contributed by atoms with E-state index in [0.717, 1.165) is 16.9 Å². The summed E-state index contributed by atoms with van der Waals surface area (Å²) < 4.78 is 17.1. The largest absolute Gasteiger partial charge is 0.454 e. The van der Waals surface area contributed by atoms with E-state index in [1.54, 1.807) is 0 Å². The molecule has 1 fully saturated rings. The molecule has 0 aliphatic carbocycles. The number of fused-ring (bicyclic) bond motifs is 1. The molecule has 1 saturated heterocycles. The summed E-state index contributed by atoms with van der Waals surface area (Å²) in [5, 5.41) is 19.8. The van der Waals surface area contributed by atoms with Crippen molar-refractivity contribution >= 4 is 0 Å². The first-order valence-electron chi connectivity index (χ1n) is 8.13. The van der Waals surface area contributed by atoms with Crippen LogP contribution in [0.3, 0.4) is 0 Å². The van der Waals surface area contributed by atoms with Crippen molar-refractivity contribution in [3.05, 3.63) is 59.7 Å². The molecule has 0 saturated carbocycles. The summed E-state index contributed by atoms with van der Waals surface area (Å²) in [6, 6.07) is 15.5. The number of hydrogen-bond donors (Lipinski definition) is 2. The van der Waals surface area contributed by atoms with Crippen molar-refractivity contribution in [3.8, 4) is 11.5 Å². The first kappa shape index (κ1) is 15.4. The zero-order valence-corrected chi connectivity index (χ0v) is 13.2. The lowest BCUT2D eigenvalue weighted by atomic mass is 9.83. The smallest absolute Gasteiger partial charge is 0.231 e. The Morgan fingerprint density at radius 3 is 2.17 bits per heavy atom. The van der Waals surface area contributed by atoms with Crippen molar-refractivity contribution < 1.29 is 24.4 Å². The van der Waals surface area contributed by atoms with Crippen molar-refractivity contribution in [2.24, 2.45) is 11.8 Å². The predicted molar refractivity (Wildman–Crippen MR) is 86.7 cm³/mol. The highest BCUT2D eigenvalue weighted by molar-refractivity contribution is 5.45. The minimum absolute atomic E-state index is 0.0359. The summed E-state index contributed by atoms with van der Waals surface area (Å²) >= 11 is 0. The van der Waals surface area contributed by atoms with Crippen molar-refractivity contribution in [1.29, 1.82) is 0 Å². The highest BCUT2D eigenvalue weighted by atomic mass is 16.7. The molecule has 0 unspecified atom stereocenters. The van der Waals surface area contributed by atoms with Crippen LogP contribution in [0, 0.1) is 11.8 Å². The fraction of sp³-hybridized carbons (Fsp3) is 0.368. The molecule has 2 aromatic rings. The van der Waals surface area contributed by atoms with Crippen LogP contribution in [0.5, 0.6) is 11.5 Å². The van der Waals surface area contributed by atoms with Crippen LogP contribution in [0.4, 0.5) is 0 Å². The lowest BCUT2D eigenvalue weighted by Gasteiger charge is -2.20. The van der Waals surface area contributed by atoms with Crippen LogP contribution in [-0.4, -0.2) is 30.2 Å². The third-order valence-corrected chi connectivity index (χ3v) is 4.90. The van der Waals surface area contributed by atoms with Gasteiger partial charge in [-0.05, 0) is 23.3 Å². The van der Waals surface area contributed by atoms with Gasteiger partial charge in [0.25, 0.3) is 0 Å². The van der Waals surface area contributed by atoms with Gasteiger partial charge in [0.1, 0.15) is 0 Å². The van der Waals surface area contributed by atoms with Crippen LogP contribution in [0.2, 0.25) is 0 Å². The van der Waals surface area contributed by atoms with E-state index in [1.165, 1.54) is 0 Å². The molecule has 2 aliphatic heterocycles. The van der Waals surface area contributed by atoms with Crippen molar-refractivity contribution in [2.75, 3.05) is 20.0 Å². The Balaban J connectivity index is 1.68. The second-order valence-electron chi connectivity index (χ2n) is 6.19. The quantitative estimate of drug-likeness (QED) is 0.902. The van der Waals surface area contributed by atoms with Gasteiger partial charge in [-0.3, -0.25) is 0 Å². The predicted octanol–water partition coefficient (Wildman–Crippen LogP) is 2.44. The molecule has 0 bridgehead atoms. The van der Waals surface area contributed by atoms with E-state index < -0.39 is 0 Å². The van der Waals surface area contributed by atoms with Crippen molar-refractivity contribution in [1.82, 2.24) is 0 Å². The van der Waals surface area contributed by atoms with E-state index in [4.69, 9.17) is 14.2 Å². The average Bonchev–Trinajstić information content (AvgIpc) is 3.25. The Hall–Kier alpha value is -2.08. The minimum Gasteiger partial charge on any atom is -0.454 e. The number of benzene rings is 2. The maximum atomic E-state index is 9.91. The molecule has 2 aliphatic rings. The molecule has 126 valence electrons. The molecule has 2 aromatic carbocycles. The molecule has 24 heavy (non-hydrogen) atoms. The van der Waals surface area contributed by atoms with Crippen LogP contribution in [0.15, 0.2) is 48.5 Å². The SMILES string of the molecule is OC[C@@H]1[C@H](CO)[C@H](c2ccc3c(c2)OCO3)O[C@@H]1c1ccccc1. The molecular formula is C19H20O5. The van der Waals surface area contributed by atoms with Gasteiger partial charge in [0, 0.05) is 25.0 Å². The topological polar surface area (TPSA) is 68.2 Å². The van der Waals surface area contributed by atoms with Gasteiger partial charge in [0.15, 0.2) is 11.5 Å². The molecule has 0 spiro atoms. The highest BCUT2D eigenvalue weighted by Gasteiger charge is 2.45. The zero-order valence-electron chi connectivity index (χ0n) is 13.2. The standard InChI is InChI=1S/C19H20O5/c20-9-14-15(10-21)19(24-18(14)12-4-2-1-3-5-12)13-6-7-16-17(8-13)23-11-22-16/h1-8,14-15,18-21H,9-11H2/t14-,15+,18-,19+/m1/s1. The van der Waals surface area contributed by atoms with Gasteiger partial charge in [-0.15, -0.1) is 0 Å². The van der Waals surface area contributed by atoms with E-state index >= 15 is 0 Å². The lowest BCUT2D eigenvalue weighted by Crippen LogP contribution is -2.23. The van der Waals surface area contributed by atoms with Crippen molar-refractivity contribution in [2.45, 2.75) is 12.2 Å². The third kappa shape index (κ3) is 2.55. The van der Waals surface area contributed by atoms with Crippen LogP contribution >= 0.6 is 0 Å². The molecular weight excluding hydrogens is 308 g/mol. The number of hydrogen-bond acceptors (Lipinski definition) is 5. The number of rotatable bonds is 4. The highest BCUT2D eigenvalue weighted by Crippen LogP contribution is 2.50. The molecule has 0 radical (unpaired) electrons. The summed E-state index contributed by atoms with van der Waals surface area (Å²) in [6.07, 6.45) is -0.546. The lowest BCUT2D eigenvalue weighted by molar-refractivity contribution is 0.0184. The Labute approximate surface area is 140 Å². The Kier molecular flexibility index (Phi) is 4.14. The average molecular weight is 328 g/mol. The molecule has 4 atom stereocenters. The van der Waals surface area contributed by atoms with Gasteiger partial charge in [-0.2, -0.15) is 0 Å². The molecule has 2 heterocycles. The second kappa shape index (κ2) is 6.43. The van der Waals surface area contributed by atoms with Gasteiger partial charge >= 0.3 is 0 Å². The van der Waals surface area contributed by atoms with E-state index in [9.17, 15) is 10.2 Å². The number of aliphatic hydroxyl groups is 2. The zero-order chi connectivity index (χ0) is 16.5. The van der Waals surface area contributed by atoms with Crippen LogP contribution in [0.25, 0.3) is 0 Å². The monoisotopic (exact) mass is 328 g/mol. The maximum Gasteiger partial charge on any atom is 0.231 e. The molecule has 4 rings (SSSR count). The van der Waals surface area contributed by atoms with Gasteiger partial charge in [-0.25, -0.2) is 0 Å². The molecule has 5 nitrogen and oxygen atoms in total. The molecule has 0 amide bonds. The van der Waals surface area contributed by atoms with Crippen LogP contribution in [0.1, 0.15) is 23.3 Å². The first-order valence-corrected chi connectivity index (χ1v) is 8.13. The molecule has 0 aromatic heterocycles. The summed E-state index contributed by atoms with van der Waals surface area (Å²) in [5.41, 5.74) is 1.94. The van der Waals surface area contributed by atoms with E-state index in [-0.39, 0.29) is 44.1 Å². The maximum absolute atomic E-state index is 9.91. The first-order chi connectivity index (χ1) is 11.8. The van der Waals surface area contributed by atoms with Gasteiger partial charge in [0.05, 0.1) is 12.2 Å². The second-order valence-corrected chi connectivity index (χ2v) is 6.19. The van der Waals surface area contributed by atoms with Gasteiger partial charge in [-0.1, -0.05) is 36.4 Å². The summed E-state index contributed by atoms with van der Waals surface area (Å²) in [4.78, 5) is 0. The Morgan fingerprint density at radius 2 is 1.46 bits per heavy atom.